The molecule has 0 spiro atoms. The highest BCUT2D eigenvalue weighted by Gasteiger charge is 2.22. The Labute approximate surface area is 134 Å². The van der Waals surface area contributed by atoms with Crippen LogP contribution in [0.1, 0.15) is 28.6 Å². The number of aromatic carboxylic acids is 1. The van der Waals surface area contributed by atoms with E-state index in [1.165, 1.54) is 16.6 Å². The van der Waals surface area contributed by atoms with Gasteiger partial charge in [-0.2, -0.15) is 17.4 Å². The lowest BCUT2D eigenvalue weighted by Gasteiger charge is -2.20. The largest absolute Gasteiger partial charge is 0.478 e. The molecular weight excluding hydrogens is 320 g/mol. The van der Waals surface area contributed by atoms with E-state index in [0.717, 1.165) is 5.56 Å². The first-order valence-corrected chi connectivity index (χ1v) is 8.46. The fourth-order valence-electron chi connectivity index (χ4n) is 2.07. The summed E-state index contributed by atoms with van der Waals surface area (Å²) in [7, 11) is -3.76. The normalized spacial score (nSPS) is 11.7. The molecule has 0 amide bonds. The van der Waals surface area contributed by atoms with Crippen LogP contribution in [0.4, 0.5) is 0 Å². The Morgan fingerprint density at radius 3 is 2.57 bits per heavy atom. The van der Waals surface area contributed by atoms with Crippen LogP contribution in [0.2, 0.25) is 0 Å². The maximum atomic E-state index is 12.4. The fraction of sp³-hybridized carbons (Fsp3) is 0.267. The third-order valence-corrected chi connectivity index (χ3v) is 4.86. The Hall–Kier alpha value is -2.16. The number of carboxylic acids is 1. The summed E-state index contributed by atoms with van der Waals surface area (Å²) in [5.74, 6) is -1.10. The van der Waals surface area contributed by atoms with E-state index in [1.54, 1.807) is 6.92 Å². The number of furan rings is 1. The van der Waals surface area contributed by atoms with Gasteiger partial charge in [0, 0.05) is 13.1 Å². The van der Waals surface area contributed by atoms with Gasteiger partial charge in [-0.3, -0.25) is 0 Å². The number of hydrogen-bond donors (Lipinski definition) is 2. The van der Waals surface area contributed by atoms with Gasteiger partial charge in [0.15, 0.2) is 0 Å². The molecule has 0 saturated heterocycles. The van der Waals surface area contributed by atoms with Gasteiger partial charge in [-0.25, -0.2) is 4.79 Å². The van der Waals surface area contributed by atoms with Crippen molar-refractivity contribution in [2.45, 2.75) is 20.0 Å². The smallest absolute Gasteiger partial charge is 0.339 e. The highest BCUT2D eigenvalue weighted by atomic mass is 32.2. The summed E-state index contributed by atoms with van der Waals surface area (Å²) in [6, 6.07) is 10.5. The molecule has 124 valence electrons. The average molecular weight is 338 g/mol. The van der Waals surface area contributed by atoms with Gasteiger partial charge in [0.05, 0.1) is 12.8 Å². The zero-order valence-corrected chi connectivity index (χ0v) is 13.4. The summed E-state index contributed by atoms with van der Waals surface area (Å²) in [6.07, 6.45) is 1.22. The second-order valence-corrected chi connectivity index (χ2v) is 6.56. The zero-order valence-electron chi connectivity index (χ0n) is 12.6. The van der Waals surface area contributed by atoms with E-state index in [4.69, 9.17) is 9.52 Å². The summed E-state index contributed by atoms with van der Waals surface area (Å²) in [5.41, 5.74) is 0.808. The summed E-state index contributed by atoms with van der Waals surface area (Å²) in [6.45, 7) is 2.03. The number of carboxylic acid groups (broad SMARTS) is 1. The molecule has 0 fully saturated rings. The molecule has 0 aliphatic carbocycles. The van der Waals surface area contributed by atoms with Crippen LogP contribution in [0, 0.1) is 0 Å². The van der Waals surface area contributed by atoms with Gasteiger partial charge in [-0.05, 0) is 11.6 Å². The van der Waals surface area contributed by atoms with Gasteiger partial charge >= 0.3 is 5.97 Å². The summed E-state index contributed by atoms with van der Waals surface area (Å²) < 4.78 is 33.4. The van der Waals surface area contributed by atoms with Crippen LogP contribution < -0.4 is 4.72 Å². The topological polar surface area (TPSA) is 99.9 Å². The zero-order chi connectivity index (χ0) is 16.9. The van der Waals surface area contributed by atoms with E-state index in [2.05, 4.69) is 4.72 Å². The van der Waals surface area contributed by atoms with Crippen LogP contribution in [-0.2, 0) is 23.3 Å². The summed E-state index contributed by atoms with van der Waals surface area (Å²) >= 11 is 0. The van der Waals surface area contributed by atoms with Crippen molar-refractivity contribution < 1.29 is 22.7 Å². The highest BCUT2D eigenvalue weighted by Crippen LogP contribution is 2.12. The van der Waals surface area contributed by atoms with E-state index in [-0.39, 0.29) is 31.0 Å². The molecule has 1 heterocycles. The van der Waals surface area contributed by atoms with Gasteiger partial charge in [0.2, 0.25) is 0 Å². The van der Waals surface area contributed by atoms with Crippen molar-refractivity contribution in [3.63, 3.8) is 0 Å². The van der Waals surface area contributed by atoms with Crippen molar-refractivity contribution in [3.8, 4) is 0 Å². The molecule has 8 heteroatoms. The van der Waals surface area contributed by atoms with E-state index in [1.807, 2.05) is 30.3 Å². The van der Waals surface area contributed by atoms with Crippen LogP contribution in [0.5, 0.6) is 0 Å². The number of nitrogens with one attached hydrogen (secondary N) is 1. The average Bonchev–Trinajstić information content (AvgIpc) is 3.00. The molecule has 0 unspecified atom stereocenters. The maximum Gasteiger partial charge on any atom is 0.339 e. The monoisotopic (exact) mass is 338 g/mol. The standard InChI is InChI=1S/C15H18N2O5S/c1-2-17(11-12-6-4-3-5-7-12)23(20,21)16-10-14-13(15(18)19)8-9-22-14/h3-9,16H,2,10-11H2,1H3,(H,18,19). The fourth-order valence-corrected chi connectivity index (χ4v) is 3.22. The van der Waals surface area contributed by atoms with E-state index >= 15 is 0 Å². The van der Waals surface area contributed by atoms with Gasteiger partial charge < -0.3 is 9.52 Å². The Bertz CT molecular complexity index is 755. The number of benzene rings is 1. The minimum atomic E-state index is -3.76. The number of rotatable bonds is 8. The SMILES string of the molecule is CCN(Cc1ccccc1)S(=O)(=O)NCc1occc1C(=O)O. The number of hydrogen-bond acceptors (Lipinski definition) is 4. The molecule has 2 rings (SSSR count). The third-order valence-electron chi connectivity index (χ3n) is 3.29. The second kappa shape index (κ2) is 7.40. The molecule has 2 aromatic rings. The second-order valence-electron chi connectivity index (χ2n) is 4.80. The lowest BCUT2D eigenvalue weighted by molar-refractivity contribution is 0.0694. The predicted molar refractivity (Wildman–Crippen MR) is 84.0 cm³/mol. The molecule has 7 nitrogen and oxygen atoms in total. The first-order valence-electron chi connectivity index (χ1n) is 7.02. The minimum absolute atomic E-state index is 0.0567. The highest BCUT2D eigenvalue weighted by molar-refractivity contribution is 7.87. The maximum absolute atomic E-state index is 12.4. The van der Waals surface area contributed by atoms with Crippen molar-refractivity contribution >= 4 is 16.2 Å². The van der Waals surface area contributed by atoms with Gasteiger partial charge in [-0.1, -0.05) is 37.3 Å². The van der Waals surface area contributed by atoms with Crippen LogP contribution >= 0.6 is 0 Å². The Morgan fingerprint density at radius 2 is 1.96 bits per heavy atom. The molecule has 23 heavy (non-hydrogen) atoms. The molecule has 0 aliphatic rings. The van der Waals surface area contributed by atoms with Crippen LogP contribution in [0.3, 0.4) is 0 Å². The first-order chi connectivity index (χ1) is 10.9. The predicted octanol–water partition coefficient (Wildman–Crippen LogP) is 1.83. The molecule has 2 N–H and O–H groups in total. The van der Waals surface area contributed by atoms with Crippen molar-refractivity contribution in [2.24, 2.45) is 0 Å². The molecule has 0 aliphatic heterocycles. The lowest BCUT2D eigenvalue weighted by Crippen LogP contribution is -2.40. The molecule has 0 atom stereocenters. The Kier molecular flexibility index (Phi) is 5.54. The van der Waals surface area contributed by atoms with Crippen LogP contribution in [0.25, 0.3) is 0 Å². The molecule has 0 saturated carbocycles. The molecule has 1 aromatic heterocycles. The van der Waals surface area contributed by atoms with Crippen molar-refractivity contribution in [1.82, 2.24) is 9.03 Å². The molecular formula is C15H18N2O5S. The van der Waals surface area contributed by atoms with Crippen molar-refractivity contribution in [3.05, 3.63) is 59.5 Å². The van der Waals surface area contributed by atoms with Gasteiger partial charge in [0.25, 0.3) is 10.2 Å². The molecule has 0 bridgehead atoms. The first kappa shape index (κ1) is 17.2. The lowest BCUT2D eigenvalue weighted by atomic mass is 10.2. The van der Waals surface area contributed by atoms with Crippen LogP contribution in [0.15, 0.2) is 47.1 Å². The Morgan fingerprint density at radius 1 is 1.26 bits per heavy atom. The quantitative estimate of drug-likeness (QED) is 0.765. The van der Waals surface area contributed by atoms with E-state index < -0.39 is 16.2 Å². The number of nitrogens with zero attached hydrogens (tertiary/aromatic N) is 1. The molecule has 1 aromatic carbocycles. The van der Waals surface area contributed by atoms with E-state index in [9.17, 15) is 13.2 Å². The molecule has 0 radical (unpaired) electrons. The Balaban J connectivity index is 2.07. The third kappa shape index (κ3) is 4.41. The number of carbonyl (C=O) groups is 1. The van der Waals surface area contributed by atoms with Gasteiger partial charge in [-0.15, -0.1) is 0 Å². The minimum Gasteiger partial charge on any atom is -0.478 e. The summed E-state index contributed by atoms with van der Waals surface area (Å²) in [4.78, 5) is 11.0. The van der Waals surface area contributed by atoms with Gasteiger partial charge in [0.1, 0.15) is 11.3 Å². The van der Waals surface area contributed by atoms with Crippen molar-refractivity contribution in [2.75, 3.05) is 6.54 Å². The summed E-state index contributed by atoms with van der Waals surface area (Å²) in [5, 5.41) is 8.99. The van der Waals surface area contributed by atoms with E-state index in [0.29, 0.717) is 0 Å². The van der Waals surface area contributed by atoms with Crippen molar-refractivity contribution in [1.29, 1.82) is 0 Å². The van der Waals surface area contributed by atoms with Crippen LogP contribution in [-0.4, -0.2) is 30.3 Å².